The third kappa shape index (κ3) is 3.09. The molecule has 0 fully saturated rings. The third-order valence-corrected chi connectivity index (χ3v) is 3.13. The van der Waals surface area contributed by atoms with Crippen LogP contribution < -0.4 is 11.1 Å². The summed E-state index contributed by atoms with van der Waals surface area (Å²) in [5, 5.41) is 3.20. The Bertz CT molecular complexity index is 597. The van der Waals surface area contributed by atoms with Gasteiger partial charge in [0.1, 0.15) is 0 Å². The van der Waals surface area contributed by atoms with Gasteiger partial charge in [0, 0.05) is 11.4 Å². The number of nitrogens with one attached hydrogen (secondary N) is 1. The van der Waals surface area contributed by atoms with E-state index in [1.165, 1.54) is 7.11 Å². The molecule has 0 saturated heterocycles. The van der Waals surface area contributed by atoms with Crippen LogP contribution in [0.3, 0.4) is 0 Å². The van der Waals surface area contributed by atoms with E-state index in [9.17, 15) is 4.79 Å². The molecule has 0 radical (unpaired) electrons. The fourth-order valence-corrected chi connectivity index (χ4v) is 1.99. The molecule has 104 valence electrons. The lowest BCUT2D eigenvalue weighted by atomic mass is 10.1. The van der Waals surface area contributed by atoms with Gasteiger partial charge in [0.15, 0.2) is 6.04 Å². The molecule has 0 spiro atoms. The van der Waals surface area contributed by atoms with Crippen molar-refractivity contribution < 1.29 is 9.53 Å². The monoisotopic (exact) mass is 270 g/mol. The Morgan fingerprint density at radius 3 is 2.55 bits per heavy atom. The van der Waals surface area contributed by atoms with E-state index in [1.807, 2.05) is 55.5 Å². The fourth-order valence-electron chi connectivity index (χ4n) is 1.99. The van der Waals surface area contributed by atoms with Crippen molar-refractivity contribution in [2.75, 3.05) is 18.2 Å². The molecule has 0 bridgehead atoms. The molecule has 0 saturated carbocycles. The van der Waals surface area contributed by atoms with E-state index in [1.54, 1.807) is 0 Å². The van der Waals surface area contributed by atoms with Crippen LogP contribution in [-0.4, -0.2) is 13.1 Å². The Morgan fingerprint density at radius 1 is 1.20 bits per heavy atom. The number of esters is 1. The molecular formula is C16H18N2O2. The highest BCUT2D eigenvalue weighted by Gasteiger charge is 2.21. The summed E-state index contributed by atoms with van der Waals surface area (Å²) >= 11 is 0. The summed E-state index contributed by atoms with van der Waals surface area (Å²) in [6, 6.07) is 14.5. The molecule has 0 heterocycles. The highest BCUT2D eigenvalue weighted by atomic mass is 16.5. The molecule has 0 aliphatic rings. The highest BCUT2D eigenvalue weighted by molar-refractivity contribution is 5.81. The molecule has 2 aromatic carbocycles. The lowest BCUT2D eigenvalue weighted by Crippen LogP contribution is -2.22. The Hall–Kier alpha value is -2.49. The van der Waals surface area contributed by atoms with Gasteiger partial charge in [0.25, 0.3) is 0 Å². The number of hydrogen-bond donors (Lipinski definition) is 2. The number of rotatable bonds is 4. The molecule has 4 heteroatoms. The number of ether oxygens (including phenoxy) is 1. The Kier molecular flexibility index (Phi) is 4.25. The summed E-state index contributed by atoms with van der Waals surface area (Å²) < 4.78 is 4.88. The minimum absolute atomic E-state index is 0.335. The standard InChI is InChI=1S/C16H18N2O2/c1-11-8-9-13(17)10-14(11)18-15(16(19)20-2)12-6-4-3-5-7-12/h3-10,15,18H,17H2,1-2H3. The maximum atomic E-state index is 12.0. The second-order valence-corrected chi connectivity index (χ2v) is 4.59. The van der Waals surface area contributed by atoms with E-state index in [4.69, 9.17) is 10.5 Å². The Morgan fingerprint density at radius 2 is 1.90 bits per heavy atom. The van der Waals surface area contributed by atoms with Crippen LogP contribution in [0.5, 0.6) is 0 Å². The maximum Gasteiger partial charge on any atom is 0.332 e. The highest BCUT2D eigenvalue weighted by Crippen LogP contribution is 2.25. The predicted octanol–water partition coefficient (Wildman–Crippen LogP) is 2.90. The molecule has 2 rings (SSSR count). The molecule has 20 heavy (non-hydrogen) atoms. The zero-order valence-electron chi connectivity index (χ0n) is 11.6. The number of nitrogens with two attached hydrogens (primary N) is 1. The van der Waals surface area contributed by atoms with E-state index in [-0.39, 0.29) is 5.97 Å². The van der Waals surface area contributed by atoms with Gasteiger partial charge in [-0.25, -0.2) is 4.79 Å². The van der Waals surface area contributed by atoms with E-state index < -0.39 is 6.04 Å². The third-order valence-electron chi connectivity index (χ3n) is 3.13. The van der Waals surface area contributed by atoms with Crippen LogP contribution in [0, 0.1) is 6.92 Å². The average molecular weight is 270 g/mol. The summed E-state index contributed by atoms with van der Waals surface area (Å²) in [5.74, 6) is -0.335. The summed E-state index contributed by atoms with van der Waals surface area (Å²) in [4.78, 5) is 12.0. The van der Waals surface area contributed by atoms with Crippen LogP contribution >= 0.6 is 0 Å². The SMILES string of the molecule is COC(=O)C(Nc1cc(N)ccc1C)c1ccccc1. The smallest absolute Gasteiger partial charge is 0.332 e. The first kappa shape index (κ1) is 13.9. The predicted molar refractivity (Wildman–Crippen MR) is 80.4 cm³/mol. The van der Waals surface area contributed by atoms with Gasteiger partial charge in [-0.2, -0.15) is 0 Å². The molecule has 0 aliphatic heterocycles. The first-order chi connectivity index (χ1) is 9.61. The molecule has 0 amide bonds. The second kappa shape index (κ2) is 6.10. The average Bonchev–Trinajstić information content (AvgIpc) is 2.48. The van der Waals surface area contributed by atoms with Crippen molar-refractivity contribution in [3.05, 3.63) is 59.7 Å². The topological polar surface area (TPSA) is 64.3 Å². The van der Waals surface area contributed by atoms with Gasteiger partial charge < -0.3 is 15.8 Å². The molecule has 0 aromatic heterocycles. The number of nitrogen functional groups attached to an aromatic ring is 1. The first-order valence-electron chi connectivity index (χ1n) is 6.37. The first-order valence-corrected chi connectivity index (χ1v) is 6.37. The van der Waals surface area contributed by atoms with Gasteiger partial charge in [-0.1, -0.05) is 36.4 Å². The minimum atomic E-state index is -0.554. The zero-order valence-corrected chi connectivity index (χ0v) is 11.6. The molecular weight excluding hydrogens is 252 g/mol. The quantitative estimate of drug-likeness (QED) is 0.662. The molecule has 3 N–H and O–H groups in total. The number of aryl methyl sites for hydroxylation is 1. The molecule has 2 aromatic rings. The van der Waals surface area contributed by atoms with Crippen molar-refractivity contribution in [1.29, 1.82) is 0 Å². The number of carbonyl (C=O) groups is 1. The lowest BCUT2D eigenvalue weighted by molar-refractivity contribution is -0.141. The van der Waals surface area contributed by atoms with E-state index >= 15 is 0 Å². The fraction of sp³-hybridized carbons (Fsp3) is 0.188. The largest absolute Gasteiger partial charge is 0.467 e. The molecule has 0 aliphatic carbocycles. The number of carbonyl (C=O) groups excluding carboxylic acids is 1. The van der Waals surface area contributed by atoms with Crippen LogP contribution in [-0.2, 0) is 9.53 Å². The maximum absolute atomic E-state index is 12.0. The number of methoxy groups -OCH3 is 1. The van der Waals surface area contributed by atoms with Crippen LogP contribution in [0.1, 0.15) is 17.2 Å². The van der Waals surface area contributed by atoms with Crippen LogP contribution in [0.2, 0.25) is 0 Å². The van der Waals surface area contributed by atoms with E-state index in [0.717, 1.165) is 16.8 Å². The van der Waals surface area contributed by atoms with Crippen molar-refractivity contribution in [2.45, 2.75) is 13.0 Å². The molecule has 1 unspecified atom stereocenters. The van der Waals surface area contributed by atoms with Crippen LogP contribution in [0.25, 0.3) is 0 Å². The minimum Gasteiger partial charge on any atom is -0.467 e. The molecule has 1 atom stereocenters. The van der Waals surface area contributed by atoms with Crippen molar-refractivity contribution in [1.82, 2.24) is 0 Å². The van der Waals surface area contributed by atoms with Gasteiger partial charge in [-0.3, -0.25) is 0 Å². The summed E-state index contributed by atoms with van der Waals surface area (Å²) in [7, 11) is 1.38. The van der Waals surface area contributed by atoms with E-state index in [0.29, 0.717) is 5.69 Å². The summed E-state index contributed by atoms with van der Waals surface area (Å²) in [6.45, 7) is 1.96. The van der Waals surface area contributed by atoms with Crippen molar-refractivity contribution >= 4 is 17.3 Å². The molecule has 4 nitrogen and oxygen atoms in total. The Balaban J connectivity index is 2.34. The van der Waals surface area contributed by atoms with E-state index in [2.05, 4.69) is 5.32 Å². The van der Waals surface area contributed by atoms with Gasteiger partial charge in [0.05, 0.1) is 7.11 Å². The lowest BCUT2D eigenvalue weighted by Gasteiger charge is -2.19. The normalized spacial score (nSPS) is 11.7. The van der Waals surface area contributed by atoms with Crippen molar-refractivity contribution in [2.24, 2.45) is 0 Å². The van der Waals surface area contributed by atoms with Gasteiger partial charge in [-0.05, 0) is 30.2 Å². The number of benzene rings is 2. The Labute approximate surface area is 118 Å². The van der Waals surface area contributed by atoms with Gasteiger partial charge in [0.2, 0.25) is 0 Å². The summed E-state index contributed by atoms with van der Waals surface area (Å²) in [6.07, 6.45) is 0. The number of anilines is 2. The van der Waals surface area contributed by atoms with Crippen molar-refractivity contribution in [3.63, 3.8) is 0 Å². The number of hydrogen-bond acceptors (Lipinski definition) is 4. The van der Waals surface area contributed by atoms with Crippen LogP contribution in [0.4, 0.5) is 11.4 Å². The summed E-state index contributed by atoms with van der Waals surface area (Å²) in [5.41, 5.74) is 9.13. The van der Waals surface area contributed by atoms with Crippen LogP contribution in [0.15, 0.2) is 48.5 Å². The van der Waals surface area contributed by atoms with Gasteiger partial charge in [-0.15, -0.1) is 0 Å². The zero-order chi connectivity index (χ0) is 14.5. The van der Waals surface area contributed by atoms with Gasteiger partial charge >= 0.3 is 5.97 Å². The second-order valence-electron chi connectivity index (χ2n) is 4.59. The van der Waals surface area contributed by atoms with Crippen molar-refractivity contribution in [3.8, 4) is 0 Å².